The lowest BCUT2D eigenvalue weighted by molar-refractivity contribution is -0.457. The first kappa shape index (κ1) is 60.2. The number of carbonyl (C=O) groups excluding carboxylic acids is 1. The molecule has 1 aromatic heterocycles. The van der Waals surface area contributed by atoms with E-state index in [4.69, 9.17) is 14.2 Å². The number of likely N-dealkylation sites (N-methyl/N-ethyl adjacent to an activating group) is 1. The molecule has 1 amide bonds. The average Bonchev–Trinajstić information content (AvgIpc) is 3.86. The molecule has 2 saturated carbocycles. The van der Waals surface area contributed by atoms with Gasteiger partial charge in [0, 0.05) is 54.7 Å². The maximum atomic E-state index is 13.2. The molecule has 13 nitrogen and oxygen atoms in total. The molecule has 3 fully saturated rings. The molecule has 4 aliphatic rings. The van der Waals surface area contributed by atoms with E-state index in [-0.39, 0.29) is 60.2 Å². The number of aliphatic hydroxyl groups excluding tert-OH is 2. The van der Waals surface area contributed by atoms with E-state index in [2.05, 4.69) is 54.0 Å². The molecule has 4 N–H and O–H groups in total. The van der Waals surface area contributed by atoms with Crippen molar-refractivity contribution in [2.75, 3.05) is 58.9 Å². The van der Waals surface area contributed by atoms with Crippen LogP contribution in [0.1, 0.15) is 127 Å². The number of benzene rings is 1. The summed E-state index contributed by atoms with van der Waals surface area (Å²) in [6.07, 6.45) is -11.1. The summed E-state index contributed by atoms with van der Waals surface area (Å²) in [7, 11) is 5.07. The number of rotatable bonds is 26. The van der Waals surface area contributed by atoms with Gasteiger partial charge >= 0.3 is 29.8 Å². The first-order valence-corrected chi connectivity index (χ1v) is 27.8. The van der Waals surface area contributed by atoms with Gasteiger partial charge in [-0.2, -0.15) is 39.5 Å². The number of carbonyl (C=O) groups is 1. The van der Waals surface area contributed by atoms with Crippen molar-refractivity contribution in [2.45, 2.75) is 170 Å². The highest BCUT2D eigenvalue weighted by Gasteiger charge is 2.85. The Bertz CT molecular complexity index is 2250. The van der Waals surface area contributed by atoms with Crippen LogP contribution < -0.4 is 21.3 Å². The third kappa shape index (κ3) is 14.4. The maximum Gasteiger partial charge on any atom is 0.435 e. The molecule has 0 bridgehead atoms. The van der Waals surface area contributed by atoms with Gasteiger partial charge in [0.05, 0.1) is 38.6 Å². The second kappa shape index (κ2) is 25.2. The van der Waals surface area contributed by atoms with Crippen molar-refractivity contribution in [3.05, 3.63) is 61.9 Å². The van der Waals surface area contributed by atoms with E-state index >= 15 is 0 Å². The number of H-pyrrole nitrogens is 1. The summed E-state index contributed by atoms with van der Waals surface area (Å²) in [6, 6.07) is 6.46. The van der Waals surface area contributed by atoms with E-state index in [9.17, 15) is 64.1 Å². The minimum Gasteiger partial charge on any atom is -0.494 e. The van der Waals surface area contributed by atoms with Crippen LogP contribution in [0.25, 0.3) is 0 Å². The summed E-state index contributed by atoms with van der Waals surface area (Å²) in [4.78, 5) is 40.8. The number of nitrogens with one attached hydrogen (secondary N) is 2. The molecular weight excluding hydrogens is 1040 g/mol. The van der Waals surface area contributed by atoms with Crippen LogP contribution in [-0.4, -0.2) is 137 Å². The van der Waals surface area contributed by atoms with E-state index in [0.717, 1.165) is 82.1 Å². The monoisotopic (exact) mass is 1110 g/mol. The average molecular weight is 1110 g/mol. The molecule has 420 valence electrons. The number of alkyl halides is 9. The Kier molecular flexibility index (Phi) is 20.5. The van der Waals surface area contributed by atoms with Crippen LogP contribution in [0.15, 0.2) is 34.0 Å². The number of halogens is 9. The lowest BCUT2D eigenvalue weighted by atomic mass is 9.55. The van der Waals surface area contributed by atoms with Gasteiger partial charge in [0.25, 0.3) is 5.56 Å². The summed E-state index contributed by atoms with van der Waals surface area (Å²) in [5.74, 6) is 2.91. The molecule has 0 radical (unpaired) electrons. The van der Waals surface area contributed by atoms with Gasteiger partial charge in [-0.05, 0) is 132 Å². The molecule has 2 aromatic rings. The molecule has 24 heteroatoms. The minimum absolute atomic E-state index is 0.0101. The number of unbranched alkanes of at least 4 members (excludes halogenated alkanes) is 3. The fourth-order valence-corrected chi connectivity index (χ4v) is 14.0. The van der Waals surface area contributed by atoms with Gasteiger partial charge in [-0.15, -0.1) is 0 Å². The number of hydrogen-bond acceptors (Lipinski definition) is 12. The van der Waals surface area contributed by atoms with Crippen LogP contribution in [0.2, 0.25) is 0 Å². The second-order valence-corrected chi connectivity index (χ2v) is 24.2. The number of fused-ring (bicyclic) bond motifs is 5. The highest BCUT2D eigenvalue weighted by molar-refractivity contribution is 8.77. The molecule has 74 heavy (non-hydrogen) atoms. The zero-order chi connectivity index (χ0) is 54.3. The Morgan fingerprint density at radius 2 is 1.66 bits per heavy atom. The van der Waals surface area contributed by atoms with Gasteiger partial charge in [-0.3, -0.25) is 19.1 Å². The predicted octanol–water partition coefficient (Wildman–Crippen LogP) is 9.03. The number of nitrogens with zero attached hydrogens (tertiary/aromatic N) is 2. The van der Waals surface area contributed by atoms with Gasteiger partial charge < -0.3 is 39.4 Å². The highest BCUT2D eigenvalue weighted by atomic mass is 33.1. The van der Waals surface area contributed by atoms with Gasteiger partial charge in [-0.1, -0.05) is 47.4 Å². The molecule has 6 rings (SSSR count). The van der Waals surface area contributed by atoms with Crippen molar-refractivity contribution < 1.29 is 73.5 Å². The largest absolute Gasteiger partial charge is 0.494 e. The number of aryl methyl sites for hydroxylation is 2. The number of aliphatic hydroxyl groups is 2. The lowest BCUT2D eigenvalue weighted by Gasteiger charge is -2.50. The van der Waals surface area contributed by atoms with E-state index in [1.807, 2.05) is 21.6 Å². The first-order valence-electron chi connectivity index (χ1n) is 25.5. The fourth-order valence-electron chi connectivity index (χ4n) is 11.2. The zero-order valence-electron chi connectivity index (χ0n) is 42.3. The molecule has 2 heterocycles. The molecule has 8 atom stereocenters. The Balaban J connectivity index is 0.830. The molecule has 1 saturated heterocycles. The van der Waals surface area contributed by atoms with Crippen molar-refractivity contribution in [2.24, 2.45) is 17.3 Å². The van der Waals surface area contributed by atoms with Crippen LogP contribution >= 0.6 is 21.6 Å². The molecule has 3 aliphatic carbocycles. The summed E-state index contributed by atoms with van der Waals surface area (Å²) >= 11 is 0. The van der Waals surface area contributed by atoms with Gasteiger partial charge in [-0.25, -0.2) is 4.79 Å². The molecule has 6 unspecified atom stereocenters. The standard InChI is InChI=1S/C50H71F9N4O9S2/c1-45(2,74-73-26-8-6-5-7-20-60-41(66)16-10-32-29-63(44(68)61-43(32)67)42-28-38(65)39(30-64)72-42)19-23-69-33-11-13-34-31(27-33)9-12-36-35(34)17-18-46(3)37(36)14-15-40(46)70-24-21-62(4)22-25-71-47(48(51,52)53,49(54,55)56)50(57,58)59/h11,13,27,29,35-40,42,64-65H,5-10,12,14-26,28,30H2,1-4H3,(H,60,66)(H,61,67,68)/t35?,36?,37?,38?,39?,40-,42?,46-/m0/s1. The normalized spacial score (nSPS) is 25.5. The second-order valence-electron chi connectivity index (χ2n) is 21.0. The molecule has 1 aliphatic heterocycles. The zero-order valence-corrected chi connectivity index (χ0v) is 43.9. The van der Waals surface area contributed by atoms with Crippen molar-refractivity contribution in [1.82, 2.24) is 19.8 Å². The third-order valence-electron chi connectivity index (χ3n) is 15.5. The quantitative estimate of drug-likeness (QED) is 0.0402. The summed E-state index contributed by atoms with van der Waals surface area (Å²) in [5.41, 5.74) is -4.77. The number of amides is 1. The van der Waals surface area contributed by atoms with Crippen LogP contribution in [0.4, 0.5) is 39.5 Å². The van der Waals surface area contributed by atoms with Crippen LogP contribution in [0.3, 0.4) is 0 Å². The summed E-state index contributed by atoms with van der Waals surface area (Å²) in [6.45, 7) is 5.48. The topological polar surface area (TPSA) is 165 Å². The SMILES string of the molecule is CN(CCO[C@H]1CCC2C3CCc4cc(OCCC(C)(C)SSCCCCCCNC(=O)CCc5cn(C6CC(O)C(CO)O6)c(=O)[nH]c5=O)ccc4C3CC[C@@]21C)CCOC(C(F)(F)F)(C(F)(F)F)C(F)(F)F. The first-order chi connectivity index (χ1) is 34.7. The van der Waals surface area contributed by atoms with Crippen LogP contribution in [0.5, 0.6) is 5.75 Å². The lowest BCUT2D eigenvalue weighted by Crippen LogP contribution is -2.68. The highest BCUT2D eigenvalue weighted by Crippen LogP contribution is 2.62. The molecular formula is C50H71F9N4O9S2. The Hall–Kier alpha value is -3.00. The van der Waals surface area contributed by atoms with Crippen molar-refractivity contribution in [3.63, 3.8) is 0 Å². The minimum atomic E-state index is -6.76. The van der Waals surface area contributed by atoms with E-state index < -0.39 is 73.6 Å². The number of ether oxygens (including phenoxy) is 4. The van der Waals surface area contributed by atoms with Crippen molar-refractivity contribution in [1.29, 1.82) is 0 Å². The Labute approximate surface area is 433 Å². The summed E-state index contributed by atoms with van der Waals surface area (Å²) < 4.78 is 142. The van der Waals surface area contributed by atoms with E-state index in [1.165, 1.54) is 33.8 Å². The fraction of sp³-hybridized carbons (Fsp3) is 0.780. The van der Waals surface area contributed by atoms with Gasteiger partial charge in [0.1, 0.15) is 18.1 Å². The Morgan fingerprint density at radius 3 is 2.35 bits per heavy atom. The summed E-state index contributed by atoms with van der Waals surface area (Å²) in [5, 5.41) is 22.3. The van der Waals surface area contributed by atoms with Crippen molar-refractivity contribution >= 4 is 27.5 Å². The predicted molar refractivity (Wildman–Crippen MR) is 262 cm³/mol. The Morgan fingerprint density at radius 1 is 0.959 bits per heavy atom. The third-order valence-corrected chi connectivity index (χ3v) is 18.9. The van der Waals surface area contributed by atoms with Crippen molar-refractivity contribution in [3.8, 4) is 5.75 Å². The van der Waals surface area contributed by atoms with Crippen LogP contribution in [0, 0.1) is 17.3 Å². The smallest absolute Gasteiger partial charge is 0.435 e. The van der Waals surface area contributed by atoms with Gasteiger partial charge in [0.2, 0.25) is 5.91 Å². The number of aromatic amines is 1. The van der Waals surface area contributed by atoms with Gasteiger partial charge in [0.15, 0.2) is 0 Å². The maximum absolute atomic E-state index is 13.2. The molecule has 0 spiro atoms. The van der Waals surface area contributed by atoms with E-state index in [1.54, 1.807) is 0 Å². The number of aromatic nitrogens is 2. The van der Waals surface area contributed by atoms with E-state index in [0.29, 0.717) is 30.9 Å². The van der Waals surface area contributed by atoms with Crippen LogP contribution in [-0.2, 0) is 31.8 Å². The number of hydrogen-bond donors (Lipinski definition) is 4. The molecule has 1 aromatic carbocycles.